The Labute approximate surface area is 143 Å². The van der Waals surface area contributed by atoms with Gasteiger partial charge in [-0.1, -0.05) is 58.0 Å². The third-order valence-corrected chi connectivity index (χ3v) is 3.76. The second kappa shape index (κ2) is 9.17. The van der Waals surface area contributed by atoms with Crippen molar-refractivity contribution in [3.63, 3.8) is 0 Å². The Morgan fingerprint density at radius 3 is 2.17 bits per heavy atom. The van der Waals surface area contributed by atoms with Crippen molar-refractivity contribution in [2.45, 2.75) is 46.4 Å². The monoisotopic (exact) mass is 334 g/mol. The highest BCUT2D eigenvalue weighted by molar-refractivity contribution is 5.97. The molecule has 0 saturated carbocycles. The van der Waals surface area contributed by atoms with Gasteiger partial charge in [-0.25, -0.2) is 9.69 Å². The summed E-state index contributed by atoms with van der Waals surface area (Å²) in [6.07, 6.45) is -0.273. The van der Waals surface area contributed by atoms with Crippen LogP contribution in [0.2, 0.25) is 0 Å². The van der Waals surface area contributed by atoms with Crippen LogP contribution in [0.4, 0.5) is 4.79 Å². The largest absolute Gasteiger partial charge is 0.444 e. The predicted octanol–water partition coefficient (Wildman–Crippen LogP) is 2.36. The van der Waals surface area contributed by atoms with E-state index < -0.39 is 24.1 Å². The van der Waals surface area contributed by atoms with Crippen LogP contribution in [-0.2, 0) is 20.9 Å². The quantitative estimate of drug-likeness (QED) is 0.773. The van der Waals surface area contributed by atoms with E-state index in [4.69, 9.17) is 10.5 Å². The van der Waals surface area contributed by atoms with Crippen LogP contribution in [0.15, 0.2) is 30.3 Å². The van der Waals surface area contributed by atoms with Crippen LogP contribution in [-0.4, -0.2) is 35.3 Å². The predicted molar refractivity (Wildman–Crippen MR) is 91.0 cm³/mol. The number of amides is 2. The van der Waals surface area contributed by atoms with Gasteiger partial charge in [0.25, 0.3) is 0 Å². The van der Waals surface area contributed by atoms with Gasteiger partial charge in [-0.15, -0.1) is 0 Å². The fourth-order valence-electron chi connectivity index (χ4n) is 2.11. The lowest BCUT2D eigenvalue weighted by molar-refractivity contribution is -0.137. The average molecular weight is 334 g/mol. The molecule has 1 aromatic carbocycles. The van der Waals surface area contributed by atoms with Gasteiger partial charge in [-0.05, 0) is 17.4 Å². The zero-order chi connectivity index (χ0) is 18.3. The highest BCUT2D eigenvalue weighted by atomic mass is 16.6. The van der Waals surface area contributed by atoms with Crippen molar-refractivity contribution >= 4 is 18.3 Å². The van der Waals surface area contributed by atoms with Crippen LogP contribution >= 0.6 is 0 Å². The summed E-state index contributed by atoms with van der Waals surface area (Å²) < 4.78 is 5.23. The molecule has 0 heterocycles. The zero-order valence-corrected chi connectivity index (χ0v) is 14.6. The molecule has 0 aliphatic heterocycles. The maximum Gasteiger partial charge on any atom is 0.417 e. The van der Waals surface area contributed by atoms with E-state index in [9.17, 15) is 14.4 Å². The summed E-state index contributed by atoms with van der Waals surface area (Å²) in [7, 11) is 0. The van der Waals surface area contributed by atoms with E-state index in [2.05, 4.69) is 0 Å². The van der Waals surface area contributed by atoms with Gasteiger partial charge in [0.1, 0.15) is 18.9 Å². The van der Waals surface area contributed by atoms with Gasteiger partial charge >= 0.3 is 6.09 Å². The molecular weight excluding hydrogens is 308 g/mol. The Balaban J connectivity index is 2.96. The third kappa shape index (κ3) is 5.16. The van der Waals surface area contributed by atoms with Crippen molar-refractivity contribution in [3.8, 4) is 0 Å². The number of carbonyl (C=O) groups is 3. The molecule has 0 aliphatic carbocycles. The second-order valence-electron chi connectivity index (χ2n) is 6.39. The molecule has 1 aromatic rings. The number of carbonyl (C=O) groups excluding carboxylic acids is 3. The number of nitrogens with two attached hydrogens (primary N) is 1. The first-order valence-corrected chi connectivity index (χ1v) is 8.04. The van der Waals surface area contributed by atoms with Gasteiger partial charge in [-0.3, -0.25) is 4.79 Å². The maximum absolute atomic E-state index is 12.6. The first kappa shape index (κ1) is 19.8. The Morgan fingerprint density at radius 2 is 1.71 bits per heavy atom. The minimum absolute atomic E-state index is 0.0179. The molecule has 0 spiro atoms. The summed E-state index contributed by atoms with van der Waals surface area (Å²) in [5, 5.41) is 0. The van der Waals surface area contributed by atoms with Crippen LogP contribution in [0.25, 0.3) is 0 Å². The lowest BCUT2D eigenvalue weighted by atomic mass is 10.00. The standard InChI is InChI=1S/C18H26N2O4/c1-12(2)15(10-21)20(17(22)16(19)13(3)4)18(23)24-11-14-8-6-5-7-9-14/h5-10,12-13,15-16H,11,19H2,1-4H3/t15-,16+/m1/s1. The minimum Gasteiger partial charge on any atom is -0.444 e. The van der Waals surface area contributed by atoms with Crippen molar-refractivity contribution in [2.24, 2.45) is 17.6 Å². The lowest BCUT2D eigenvalue weighted by Gasteiger charge is -2.31. The summed E-state index contributed by atoms with van der Waals surface area (Å²) in [6, 6.07) is 7.31. The molecule has 0 saturated heterocycles. The van der Waals surface area contributed by atoms with Crippen LogP contribution < -0.4 is 5.73 Å². The van der Waals surface area contributed by atoms with E-state index in [1.165, 1.54) is 0 Å². The van der Waals surface area contributed by atoms with Crippen LogP contribution in [0, 0.1) is 11.8 Å². The van der Waals surface area contributed by atoms with Gasteiger partial charge < -0.3 is 15.3 Å². The number of hydrogen-bond donors (Lipinski definition) is 1. The molecule has 6 nitrogen and oxygen atoms in total. The van der Waals surface area contributed by atoms with Crippen LogP contribution in [0.1, 0.15) is 33.3 Å². The summed E-state index contributed by atoms with van der Waals surface area (Å²) in [5.74, 6) is -1.01. The number of nitrogens with zero attached hydrogens (tertiary/aromatic N) is 1. The van der Waals surface area contributed by atoms with Crippen LogP contribution in [0.5, 0.6) is 0 Å². The molecule has 0 radical (unpaired) electrons. The summed E-state index contributed by atoms with van der Waals surface area (Å²) >= 11 is 0. The van der Waals surface area contributed by atoms with E-state index in [1.807, 2.05) is 18.2 Å². The topological polar surface area (TPSA) is 89.7 Å². The third-order valence-electron chi connectivity index (χ3n) is 3.76. The van der Waals surface area contributed by atoms with E-state index in [1.54, 1.807) is 39.8 Å². The Bertz CT molecular complexity index is 557. The molecule has 24 heavy (non-hydrogen) atoms. The van der Waals surface area contributed by atoms with Crippen molar-refractivity contribution < 1.29 is 19.1 Å². The lowest BCUT2D eigenvalue weighted by Crippen LogP contribution is -2.55. The molecule has 0 fully saturated rings. The molecule has 0 aliphatic rings. The van der Waals surface area contributed by atoms with E-state index in [0.29, 0.717) is 6.29 Å². The Hall–Kier alpha value is -2.21. The van der Waals surface area contributed by atoms with E-state index in [0.717, 1.165) is 10.5 Å². The second-order valence-corrected chi connectivity index (χ2v) is 6.39. The van der Waals surface area contributed by atoms with Crippen molar-refractivity contribution in [1.82, 2.24) is 4.90 Å². The molecule has 2 N–H and O–H groups in total. The summed E-state index contributed by atoms with van der Waals surface area (Å²) in [6.45, 7) is 7.09. The number of hydrogen-bond acceptors (Lipinski definition) is 5. The van der Waals surface area contributed by atoms with Crippen molar-refractivity contribution in [2.75, 3.05) is 0 Å². The Kier molecular flexibility index (Phi) is 7.58. The first-order valence-electron chi connectivity index (χ1n) is 8.04. The van der Waals surface area contributed by atoms with Crippen molar-refractivity contribution in [3.05, 3.63) is 35.9 Å². The number of imide groups is 1. The number of rotatable bonds is 7. The van der Waals surface area contributed by atoms with Gasteiger partial charge in [0.2, 0.25) is 5.91 Å². The smallest absolute Gasteiger partial charge is 0.417 e. The zero-order valence-electron chi connectivity index (χ0n) is 14.6. The molecule has 0 unspecified atom stereocenters. The van der Waals surface area contributed by atoms with Gasteiger partial charge in [-0.2, -0.15) is 0 Å². The minimum atomic E-state index is -0.912. The fourth-order valence-corrected chi connectivity index (χ4v) is 2.11. The first-order chi connectivity index (χ1) is 11.3. The van der Waals surface area contributed by atoms with Gasteiger partial charge in [0.05, 0.1) is 6.04 Å². The molecule has 6 heteroatoms. The van der Waals surface area contributed by atoms with Gasteiger partial charge in [0.15, 0.2) is 0 Å². The van der Waals surface area contributed by atoms with E-state index in [-0.39, 0.29) is 18.4 Å². The molecule has 132 valence electrons. The average Bonchev–Trinajstić information content (AvgIpc) is 2.56. The summed E-state index contributed by atoms with van der Waals surface area (Å²) in [4.78, 5) is 37.3. The molecule has 2 amide bonds. The SMILES string of the molecule is CC(C)[C@H](N)C(=O)N(C(=O)OCc1ccccc1)[C@H](C=O)C(C)C. The molecule has 0 aromatic heterocycles. The number of aldehydes is 1. The normalized spacial score (nSPS) is 13.5. The van der Waals surface area contributed by atoms with Crippen molar-refractivity contribution in [1.29, 1.82) is 0 Å². The molecule has 0 bridgehead atoms. The molecule has 2 atom stereocenters. The molecular formula is C18H26N2O4. The maximum atomic E-state index is 12.6. The number of benzene rings is 1. The fraction of sp³-hybridized carbons (Fsp3) is 0.500. The highest BCUT2D eigenvalue weighted by Gasteiger charge is 2.36. The van der Waals surface area contributed by atoms with E-state index >= 15 is 0 Å². The Morgan fingerprint density at radius 1 is 1.12 bits per heavy atom. The van der Waals surface area contributed by atoms with Gasteiger partial charge in [0, 0.05) is 0 Å². The highest BCUT2D eigenvalue weighted by Crippen LogP contribution is 2.15. The number of ether oxygens (including phenoxy) is 1. The van der Waals surface area contributed by atoms with Crippen LogP contribution in [0.3, 0.4) is 0 Å². The summed E-state index contributed by atoms with van der Waals surface area (Å²) in [5.41, 5.74) is 6.67. The molecule has 1 rings (SSSR count).